The van der Waals surface area contributed by atoms with Crippen molar-refractivity contribution in [3.05, 3.63) is 0 Å². The zero-order valence-corrected chi connectivity index (χ0v) is 15.0. The predicted octanol–water partition coefficient (Wildman–Crippen LogP) is 4.96. The Hall–Kier alpha value is -0.570. The first kappa shape index (κ1) is 21.4. The summed E-state index contributed by atoms with van der Waals surface area (Å²) in [7, 11) is 1.70. The SMILES string of the molecule is CCCCCCC(O)CCCCCCCCCCC(=O)NC. The van der Waals surface area contributed by atoms with Gasteiger partial charge in [0.15, 0.2) is 0 Å². The minimum atomic E-state index is -0.0680. The summed E-state index contributed by atoms with van der Waals surface area (Å²) in [4.78, 5) is 11.0. The monoisotopic (exact) mass is 313 g/mol. The normalized spacial score (nSPS) is 12.3. The van der Waals surface area contributed by atoms with Crippen molar-refractivity contribution in [1.29, 1.82) is 0 Å². The highest BCUT2D eigenvalue weighted by molar-refractivity contribution is 5.75. The van der Waals surface area contributed by atoms with Crippen LogP contribution in [0, 0.1) is 0 Å². The Kier molecular flexibility index (Phi) is 16.4. The molecule has 0 aliphatic rings. The van der Waals surface area contributed by atoms with Gasteiger partial charge >= 0.3 is 0 Å². The fraction of sp³-hybridized carbons (Fsp3) is 0.947. The number of aliphatic hydroxyl groups is 1. The molecule has 3 nitrogen and oxygen atoms in total. The summed E-state index contributed by atoms with van der Waals surface area (Å²) in [5.41, 5.74) is 0. The number of carbonyl (C=O) groups is 1. The van der Waals surface area contributed by atoms with E-state index in [4.69, 9.17) is 0 Å². The van der Waals surface area contributed by atoms with Gasteiger partial charge in [0.25, 0.3) is 0 Å². The molecule has 0 aliphatic heterocycles. The second kappa shape index (κ2) is 16.8. The highest BCUT2D eigenvalue weighted by atomic mass is 16.3. The average Bonchev–Trinajstić information content (AvgIpc) is 2.53. The van der Waals surface area contributed by atoms with Crippen molar-refractivity contribution in [2.75, 3.05) is 7.05 Å². The molecular formula is C19H39NO2. The van der Waals surface area contributed by atoms with Gasteiger partial charge in [-0.05, 0) is 19.3 Å². The Bertz CT molecular complexity index is 244. The van der Waals surface area contributed by atoms with Crippen LogP contribution >= 0.6 is 0 Å². The molecule has 0 rings (SSSR count). The highest BCUT2D eigenvalue weighted by Crippen LogP contribution is 2.14. The van der Waals surface area contributed by atoms with E-state index >= 15 is 0 Å². The maximum absolute atomic E-state index is 11.0. The van der Waals surface area contributed by atoms with Crippen LogP contribution in [0.25, 0.3) is 0 Å². The zero-order valence-electron chi connectivity index (χ0n) is 15.0. The molecule has 1 amide bonds. The molecule has 0 spiro atoms. The number of hydrogen-bond acceptors (Lipinski definition) is 2. The van der Waals surface area contributed by atoms with Gasteiger partial charge < -0.3 is 10.4 Å². The molecule has 0 bridgehead atoms. The van der Waals surface area contributed by atoms with Gasteiger partial charge in [-0.25, -0.2) is 0 Å². The zero-order chi connectivity index (χ0) is 16.5. The molecule has 3 heteroatoms. The maximum Gasteiger partial charge on any atom is 0.219 e. The van der Waals surface area contributed by atoms with Crippen molar-refractivity contribution in [1.82, 2.24) is 5.32 Å². The number of rotatable bonds is 16. The molecule has 2 N–H and O–H groups in total. The van der Waals surface area contributed by atoms with E-state index in [2.05, 4.69) is 12.2 Å². The van der Waals surface area contributed by atoms with Crippen molar-refractivity contribution in [3.8, 4) is 0 Å². The Balaban J connectivity index is 3.14. The quantitative estimate of drug-likeness (QED) is 0.395. The molecule has 0 saturated heterocycles. The van der Waals surface area contributed by atoms with Crippen LogP contribution in [0.2, 0.25) is 0 Å². The van der Waals surface area contributed by atoms with Gasteiger partial charge in [0.05, 0.1) is 6.10 Å². The minimum absolute atomic E-state index is 0.0680. The van der Waals surface area contributed by atoms with Crippen LogP contribution in [0.3, 0.4) is 0 Å². The van der Waals surface area contributed by atoms with Gasteiger partial charge in [-0.1, -0.05) is 77.6 Å². The molecule has 22 heavy (non-hydrogen) atoms. The van der Waals surface area contributed by atoms with Gasteiger partial charge in [0.1, 0.15) is 0 Å². The number of aliphatic hydroxyl groups excluding tert-OH is 1. The summed E-state index contributed by atoms with van der Waals surface area (Å²) in [6, 6.07) is 0. The topological polar surface area (TPSA) is 49.3 Å². The molecule has 0 fully saturated rings. The van der Waals surface area contributed by atoms with Gasteiger partial charge in [-0.3, -0.25) is 4.79 Å². The molecule has 0 aromatic rings. The smallest absolute Gasteiger partial charge is 0.219 e. The second-order valence-electron chi connectivity index (χ2n) is 6.54. The lowest BCUT2D eigenvalue weighted by Crippen LogP contribution is -2.16. The first-order valence-corrected chi connectivity index (χ1v) is 9.59. The Morgan fingerprint density at radius 2 is 1.27 bits per heavy atom. The third kappa shape index (κ3) is 15.8. The summed E-state index contributed by atoms with van der Waals surface area (Å²) in [6.07, 6.45) is 17.3. The van der Waals surface area contributed by atoms with Crippen LogP contribution in [0.5, 0.6) is 0 Å². The van der Waals surface area contributed by atoms with Gasteiger partial charge in [-0.15, -0.1) is 0 Å². The van der Waals surface area contributed by atoms with Gasteiger partial charge in [-0.2, -0.15) is 0 Å². The third-order valence-corrected chi connectivity index (χ3v) is 4.36. The molecule has 0 aliphatic carbocycles. The lowest BCUT2D eigenvalue weighted by molar-refractivity contribution is -0.120. The van der Waals surface area contributed by atoms with Crippen LogP contribution < -0.4 is 5.32 Å². The van der Waals surface area contributed by atoms with Crippen molar-refractivity contribution in [3.63, 3.8) is 0 Å². The Labute approximate surface area is 138 Å². The summed E-state index contributed by atoms with van der Waals surface area (Å²) < 4.78 is 0. The lowest BCUT2D eigenvalue weighted by atomic mass is 10.0. The van der Waals surface area contributed by atoms with E-state index in [0.717, 1.165) is 19.3 Å². The van der Waals surface area contributed by atoms with Crippen molar-refractivity contribution >= 4 is 5.91 Å². The van der Waals surface area contributed by atoms with E-state index in [0.29, 0.717) is 6.42 Å². The van der Waals surface area contributed by atoms with Gasteiger partial charge in [0, 0.05) is 13.5 Å². The highest BCUT2D eigenvalue weighted by Gasteiger charge is 2.03. The van der Waals surface area contributed by atoms with Gasteiger partial charge in [0.2, 0.25) is 5.91 Å². The summed E-state index contributed by atoms with van der Waals surface area (Å²) >= 11 is 0. The molecule has 1 unspecified atom stereocenters. The van der Waals surface area contributed by atoms with E-state index < -0.39 is 0 Å². The fourth-order valence-corrected chi connectivity index (χ4v) is 2.80. The number of hydrogen-bond donors (Lipinski definition) is 2. The molecule has 0 saturated carbocycles. The first-order chi connectivity index (χ1) is 10.7. The van der Waals surface area contributed by atoms with Crippen LogP contribution in [0.1, 0.15) is 103 Å². The molecule has 0 heterocycles. The molecule has 0 radical (unpaired) electrons. The number of unbranched alkanes of at least 4 members (excludes halogenated alkanes) is 10. The number of nitrogens with one attached hydrogen (secondary N) is 1. The summed E-state index contributed by atoms with van der Waals surface area (Å²) in [5.74, 6) is 0.160. The minimum Gasteiger partial charge on any atom is -0.393 e. The predicted molar refractivity (Wildman–Crippen MR) is 95.0 cm³/mol. The Morgan fingerprint density at radius 1 is 0.818 bits per heavy atom. The van der Waals surface area contributed by atoms with Crippen LogP contribution in [-0.4, -0.2) is 24.2 Å². The molecule has 0 aromatic carbocycles. The largest absolute Gasteiger partial charge is 0.393 e. The van der Waals surface area contributed by atoms with Crippen molar-refractivity contribution < 1.29 is 9.90 Å². The standard InChI is InChI=1S/C19H39NO2/c1-3-4-5-12-15-18(21)16-13-10-8-6-7-9-11-14-17-19(22)20-2/h18,21H,3-17H2,1-2H3,(H,20,22). The first-order valence-electron chi connectivity index (χ1n) is 9.59. The maximum atomic E-state index is 11.0. The third-order valence-electron chi connectivity index (χ3n) is 4.36. The fourth-order valence-electron chi connectivity index (χ4n) is 2.80. The van der Waals surface area contributed by atoms with E-state index in [1.807, 2.05) is 0 Å². The molecule has 132 valence electrons. The Morgan fingerprint density at radius 3 is 1.77 bits per heavy atom. The summed E-state index contributed by atoms with van der Waals surface area (Å²) in [6.45, 7) is 2.22. The van der Waals surface area contributed by atoms with E-state index in [1.54, 1.807) is 7.05 Å². The molecule has 0 aromatic heterocycles. The second-order valence-corrected chi connectivity index (χ2v) is 6.54. The van der Waals surface area contributed by atoms with Crippen LogP contribution in [0.4, 0.5) is 0 Å². The number of amides is 1. The van der Waals surface area contributed by atoms with Crippen molar-refractivity contribution in [2.24, 2.45) is 0 Å². The van der Waals surface area contributed by atoms with E-state index in [9.17, 15) is 9.90 Å². The van der Waals surface area contributed by atoms with Crippen LogP contribution in [0.15, 0.2) is 0 Å². The van der Waals surface area contributed by atoms with E-state index in [-0.39, 0.29) is 12.0 Å². The molecular weight excluding hydrogens is 274 g/mol. The number of carbonyl (C=O) groups excluding carboxylic acids is 1. The molecule has 1 atom stereocenters. The average molecular weight is 314 g/mol. The van der Waals surface area contributed by atoms with E-state index in [1.165, 1.54) is 70.6 Å². The lowest BCUT2D eigenvalue weighted by Gasteiger charge is -2.10. The van der Waals surface area contributed by atoms with Crippen LogP contribution in [-0.2, 0) is 4.79 Å². The summed E-state index contributed by atoms with van der Waals surface area (Å²) in [5, 5.41) is 12.5. The van der Waals surface area contributed by atoms with Crippen molar-refractivity contribution in [2.45, 2.75) is 109 Å².